The van der Waals surface area contributed by atoms with Crippen LogP contribution in [0.5, 0.6) is 0 Å². The molecule has 92 valence electrons. The van der Waals surface area contributed by atoms with E-state index in [1.807, 2.05) is 0 Å². The lowest BCUT2D eigenvalue weighted by atomic mass is 10.4. The van der Waals surface area contributed by atoms with Crippen LogP contribution in [0.15, 0.2) is 29.6 Å². The molecule has 0 bridgehead atoms. The summed E-state index contributed by atoms with van der Waals surface area (Å²) in [6.45, 7) is 0. The molecule has 0 aliphatic rings. The summed E-state index contributed by atoms with van der Waals surface area (Å²) in [5.74, 6) is -0.280. The van der Waals surface area contributed by atoms with E-state index in [-0.39, 0.29) is 5.96 Å². The molecule has 0 unspecified atom stereocenters. The summed E-state index contributed by atoms with van der Waals surface area (Å²) in [5, 5.41) is 28.0. The van der Waals surface area contributed by atoms with Crippen LogP contribution >= 0.6 is 0 Å². The molecule has 0 radical (unpaired) electrons. The van der Waals surface area contributed by atoms with Gasteiger partial charge in [0.25, 0.3) is 11.0 Å². The van der Waals surface area contributed by atoms with E-state index in [2.05, 4.69) is 15.4 Å². The van der Waals surface area contributed by atoms with Gasteiger partial charge in [0.2, 0.25) is 0 Å². The van der Waals surface area contributed by atoms with Crippen LogP contribution in [0.3, 0.4) is 0 Å². The highest BCUT2D eigenvalue weighted by Gasteiger charge is 1.98. The minimum absolute atomic E-state index is 0.280. The topological polar surface area (TPSA) is 170 Å². The van der Waals surface area contributed by atoms with Crippen molar-refractivity contribution in [2.75, 3.05) is 5.32 Å². The van der Waals surface area contributed by atoms with Crippen molar-refractivity contribution in [2.45, 2.75) is 0 Å². The smallest absolute Gasteiger partial charge is 0.291 e. The molecule has 17 heavy (non-hydrogen) atoms. The number of hydrogen-bond donors (Lipinski definition) is 3. The Morgan fingerprint density at radius 2 is 2.12 bits per heavy atom. The molecule has 0 atom stereocenters. The number of nitrogens with zero attached hydrogens (tertiary/aromatic N) is 4. The number of nitrogens with one attached hydrogen (secondary N) is 1. The number of nitro groups is 1. The first-order chi connectivity index (χ1) is 7.91. The molecular weight excluding hydrogens is 236 g/mol. The van der Waals surface area contributed by atoms with Crippen LogP contribution in [0.25, 0.3) is 0 Å². The van der Waals surface area contributed by atoms with Gasteiger partial charge in [0.1, 0.15) is 5.10 Å². The molecule has 0 aromatic carbocycles. The van der Waals surface area contributed by atoms with Crippen LogP contribution in [-0.2, 0) is 0 Å². The van der Waals surface area contributed by atoms with Gasteiger partial charge in [-0.05, 0) is 12.1 Å². The highest BCUT2D eigenvalue weighted by Crippen LogP contribution is 2.00. The Balaban J connectivity index is 0.000000557. The SMILES string of the molecule is N/C(=N/[N+](=O)[O-])Nc1cccnc1.O=[N+]([O-])O. The van der Waals surface area contributed by atoms with Crippen molar-refractivity contribution in [3.05, 3.63) is 44.8 Å². The molecule has 0 saturated carbocycles. The number of pyridine rings is 1. The Bertz CT molecular complexity index is 403. The third-order valence-corrected chi connectivity index (χ3v) is 1.12. The van der Waals surface area contributed by atoms with E-state index in [0.717, 1.165) is 0 Å². The molecule has 0 aliphatic carbocycles. The van der Waals surface area contributed by atoms with E-state index in [1.54, 1.807) is 18.3 Å². The maximum Gasteiger partial charge on any atom is 0.291 e. The van der Waals surface area contributed by atoms with Gasteiger partial charge >= 0.3 is 0 Å². The molecule has 0 fully saturated rings. The van der Waals surface area contributed by atoms with E-state index in [0.29, 0.717) is 5.69 Å². The first-order valence-corrected chi connectivity index (χ1v) is 3.90. The van der Waals surface area contributed by atoms with Gasteiger partial charge in [0, 0.05) is 6.20 Å². The van der Waals surface area contributed by atoms with Crippen LogP contribution in [0, 0.1) is 20.2 Å². The molecule has 1 aromatic heterocycles. The largest absolute Gasteiger partial charge is 0.364 e. The number of anilines is 1. The quantitative estimate of drug-likeness (QED) is 0.274. The second-order valence-corrected chi connectivity index (χ2v) is 2.33. The number of guanidine groups is 1. The number of hydrazone groups is 1. The highest BCUT2D eigenvalue weighted by atomic mass is 16.9. The van der Waals surface area contributed by atoms with Gasteiger partial charge in [-0.15, -0.1) is 10.1 Å². The normalized spacial score (nSPS) is 9.76. The third-order valence-electron chi connectivity index (χ3n) is 1.12. The van der Waals surface area contributed by atoms with Crippen LogP contribution in [0.2, 0.25) is 0 Å². The summed E-state index contributed by atoms with van der Waals surface area (Å²) in [4.78, 5) is 22.0. The molecule has 11 nitrogen and oxygen atoms in total. The van der Waals surface area contributed by atoms with Gasteiger partial charge in [0.05, 0.1) is 11.9 Å². The molecule has 1 rings (SSSR count). The zero-order valence-corrected chi connectivity index (χ0v) is 8.26. The van der Waals surface area contributed by atoms with Gasteiger partial charge < -0.3 is 16.3 Å². The van der Waals surface area contributed by atoms with Crippen LogP contribution in [0.4, 0.5) is 5.69 Å². The minimum atomic E-state index is -1.50. The second kappa shape index (κ2) is 7.33. The average Bonchev–Trinajstić information content (AvgIpc) is 2.16. The molecule has 1 aromatic rings. The summed E-state index contributed by atoms with van der Waals surface area (Å²) in [5.41, 5.74) is 5.72. The fraction of sp³-hybridized carbons (Fsp3) is 0. The summed E-state index contributed by atoms with van der Waals surface area (Å²) >= 11 is 0. The zero-order valence-electron chi connectivity index (χ0n) is 8.26. The minimum Gasteiger partial charge on any atom is -0.364 e. The highest BCUT2D eigenvalue weighted by molar-refractivity contribution is 5.91. The molecule has 0 amide bonds. The summed E-state index contributed by atoms with van der Waals surface area (Å²) in [6.07, 6.45) is 3.05. The van der Waals surface area contributed by atoms with E-state index in [9.17, 15) is 10.1 Å². The lowest BCUT2D eigenvalue weighted by Crippen LogP contribution is -2.23. The predicted octanol–water partition coefficient (Wildman–Crippen LogP) is -0.348. The van der Waals surface area contributed by atoms with Crippen molar-refractivity contribution >= 4 is 11.6 Å². The van der Waals surface area contributed by atoms with Gasteiger partial charge in [0.15, 0.2) is 5.03 Å². The molecular formula is C6H8N6O5. The Labute approximate surface area is 93.8 Å². The van der Waals surface area contributed by atoms with Gasteiger partial charge in [-0.25, -0.2) is 10.1 Å². The monoisotopic (exact) mass is 244 g/mol. The summed E-state index contributed by atoms with van der Waals surface area (Å²) in [6, 6.07) is 3.33. The van der Waals surface area contributed by atoms with Gasteiger partial charge in [-0.3, -0.25) is 4.98 Å². The Hall–Kier alpha value is -2.98. The summed E-state index contributed by atoms with van der Waals surface area (Å²) in [7, 11) is 0. The molecule has 0 saturated heterocycles. The zero-order chi connectivity index (χ0) is 13.3. The Morgan fingerprint density at radius 3 is 2.53 bits per heavy atom. The van der Waals surface area contributed by atoms with Crippen molar-refractivity contribution in [1.82, 2.24) is 4.98 Å². The molecule has 0 spiro atoms. The first-order valence-electron chi connectivity index (χ1n) is 3.90. The van der Waals surface area contributed by atoms with E-state index in [4.69, 9.17) is 21.1 Å². The predicted molar refractivity (Wildman–Crippen MR) is 55.3 cm³/mol. The van der Waals surface area contributed by atoms with Crippen molar-refractivity contribution in [1.29, 1.82) is 0 Å². The Kier molecular flexibility index (Phi) is 6.04. The van der Waals surface area contributed by atoms with E-state index < -0.39 is 10.1 Å². The maximum atomic E-state index is 9.88. The molecule has 4 N–H and O–H groups in total. The maximum absolute atomic E-state index is 9.88. The van der Waals surface area contributed by atoms with Crippen LogP contribution in [0.1, 0.15) is 0 Å². The molecule has 11 heteroatoms. The first kappa shape index (κ1) is 14.0. The fourth-order valence-corrected chi connectivity index (χ4v) is 0.698. The standard InChI is InChI=1S/C6H7N5O2.HNO3/c7-6(10-11(12)13)9-5-2-1-3-8-4-5;2-1(3)4/h1-4H,(H3,7,9,10);(H,2,3,4). The number of rotatable bonds is 2. The fourth-order valence-electron chi connectivity index (χ4n) is 0.698. The molecule has 1 heterocycles. The lowest BCUT2D eigenvalue weighted by Gasteiger charge is -1.99. The van der Waals surface area contributed by atoms with Gasteiger partial charge in [-0.1, -0.05) is 0 Å². The summed E-state index contributed by atoms with van der Waals surface area (Å²) < 4.78 is 0. The number of nitrogens with two attached hydrogens (primary N) is 1. The van der Waals surface area contributed by atoms with E-state index in [1.165, 1.54) is 6.20 Å². The lowest BCUT2D eigenvalue weighted by molar-refractivity contribution is -0.742. The van der Waals surface area contributed by atoms with Crippen molar-refractivity contribution in [2.24, 2.45) is 10.8 Å². The van der Waals surface area contributed by atoms with Crippen molar-refractivity contribution in [3.63, 3.8) is 0 Å². The van der Waals surface area contributed by atoms with Crippen molar-refractivity contribution in [3.8, 4) is 0 Å². The van der Waals surface area contributed by atoms with Crippen LogP contribution < -0.4 is 11.1 Å². The van der Waals surface area contributed by atoms with Crippen molar-refractivity contribution < 1.29 is 15.3 Å². The molecule has 0 aliphatic heterocycles. The van der Waals surface area contributed by atoms with Crippen LogP contribution in [-0.4, -0.2) is 26.3 Å². The number of aromatic nitrogens is 1. The third kappa shape index (κ3) is 9.33. The van der Waals surface area contributed by atoms with Gasteiger partial charge in [-0.2, -0.15) is 0 Å². The van der Waals surface area contributed by atoms with E-state index >= 15 is 0 Å². The second-order valence-electron chi connectivity index (χ2n) is 2.33. The Morgan fingerprint density at radius 1 is 1.53 bits per heavy atom. The average molecular weight is 244 g/mol. The number of hydrogen-bond acceptors (Lipinski definition) is 5.